The number of rotatable bonds is 6. The van der Waals surface area contributed by atoms with Crippen molar-refractivity contribution in [2.45, 2.75) is 52.7 Å². The summed E-state index contributed by atoms with van der Waals surface area (Å²) in [6.45, 7) is 7.10. The first-order valence-electron chi connectivity index (χ1n) is 6.94. The molecule has 1 aliphatic carbocycles. The Bertz CT molecular complexity index is 265. The van der Waals surface area contributed by atoms with Crippen LogP contribution < -0.4 is 0 Å². The monoisotopic (exact) mass is 258 g/mol. The van der Waals surface area contributed by atoms with Gasteiger partial charge in [-0.3, -0.25) is 0 Å². The molecule has 0 saturated heterocycles. The van der Waals surface area contributed by atoms with E-state index in [4.69, 9.17) is 14.9 Å². The van der Waals surface area contributed by atoms with Gasteiger partial charge in [0.05, 0.1) is 6.61 Å². The van der Waals surface area contributed by atoms with Gasteiger partial charge in [-0.15, -0.1) is 0 Å². The molecule has 0 amide bonds. The minimum Gasteiger partial charge on any atom is -0.477 e. The molecule has 18 heavy (non-hydrogen) atoms. The van der Waals surface area contributed by atoms with E-state index in [9.17, 15) is 4.79 Å². The summed E-state index contributed by atoms with van der Waals surface area (Å²) >= 11 is 0. The van der Waals surface area contributed by atoms with Crippen LogP contribution in [0.15, 0.2) is 0 Å². The van der Waals surface area contributed by atoms with Crippen molar-refractivity contribution in [3.05, 3.63) is 0 Å². The van der Waals surface area contributed by atoms with E-state index in [1.54, 1.807) is 0 Å². The zero-order valence-electron chi connectivity index (χ0n) is 11.6. The van der Waals surface area contributed by atoms with E-state index >= 15 is 0 Å². The highest BCUT2D eigenvalue weighted by Gasteiger charge is 2.30. The van der Waals surface area contributed by atoms with Gasteiger partial charge < -0.3 is 14.9 Å². The van der Waals surface area contributed by atoms with Crippen LogP contribution in [0.25, 0.3) is 0 Å². The standard InChI is InChI=1S/C14H26O4/c1-9(2)12-5-4-10(3)8-11(12)6-7-18-14(17)13(15)16/h9-12,14,17H,4-8H2,1-3H3,(H,15,16). The van der Waals surface area contributed by atoms with E-state index in [1.165, 1.54) is 19.3 Å². The van der Waals surface area contributed by atoms with Crippen LogP contribution in [0.4, 0.5) is 0 Å². The quantitative estimate of drug-likeness (QED) is 0.718. The number of carboxylic acid groups (broad SMARTS) is 1. The Morgan fingerprint density at radius 3 is 2.61 bits per heavy atom. The van der Waals surface area contributed by atoms with Crippen LogP contribution in [0.1, 0.15) is 46.5 Å². The average molecular weight is 258 g/mol. The lowest BCUT2D eigenvalue weighted by Crippen LogP contribution is -2.30. The molecule has 0 radical (unpaired) electrons. The Labute approximate surface area is 109 Å². The first-order valence-corrected chi connectivity index (χ1v) is 6.94. The predicted molar refractivity (Wildman–Crippen MR) is 69.0 cm³/mol. The van der Waals surface area contributed by atoms with Crippen molar-refractivity contribution in [1.82, 2.24) is 0 Å². The van der Waals surface area contributed by atoms with Crippen LogP contribution in [-0.2, 0) is 9.53 Å². The van der Waals surface area contributed by atoms with Crippen molar-refractivity contribution in [3.63, 3.8) is 0 Å². The molecule has 0 aromatic heterocycles. The first-order chi connectivity index (χ1) is 8.41. The first kappa shape index (κ1) is 15.4. The number of ether oxygens (including phenoxy) is 1. The van der Waals surface area contributed by atoms with Crippen LogP contribution in [0.5, 0.6) is 0 Å². The highest BCUT2D eigenvalue weighted by Crippen LogP contribution is 2.39. The fourth-order valence-corrected chi connectivity index (χ4v) is 3.13. The third-order valence-electron chi connectivity index (χ3n) is 4.14. The number of hydrogen-bond acceptors (Lipinski definition) is 3. The molecule has 4 nitrogen and oxygen atoms in total. The molecule has 4 unspecified atom stereocenters. The van der Waals surface area contributed by atoms with Crippen molar-refractivity contribution in [2.24, 2.45) is 23.7 Å². The summed E-state index contributed by atoms with van der Waals surface area (Å²) in [6.07, 6.45) is 2.90. The smallest absolute Gasteiger partial charge is 0.360 e. The van der Waals surface area contributed by atoms with Crippen LogP contribution in [0.3, 0.4) is 0 Å². The molecule has 0 heterocycles. The molecule has 1 saturated carbocycles. The van der Waals surface area contributed by atoms with Gasteiger partial charge in [-0.2, -0.15) is 0 Å². The van der Waals surface area contributed by atoms with Gasteiger partial charge in [0.15, 0.2) is 0 Å². The summed E-state index contributed by atoms with van der Waals surface area (Å²) < 4.78 is 4.93. The summed E-state index contributed by atoms with van der Waals surface area (Å²) in [5.74, 6) is 1.38. The fourth-order valence-electron chi connectivity index (χ4n) is 3.13. The van der Waals surface area contributed by atoms with E-state index in [1.807, 2.05) is 0 Å². The normalized spacial score (nSPS) is 30.4. The molecule has 0 bridgehead atoms. The Kier molecular flexibility index (Phi) is 6.09. The summed E-state index contributed by atoms with van der Waals surface area (Å²) in [5, 5.41) is 17.6. The van der Waals surface area contributed by atoms with Crippen LogP contribution in [0.2, 0.25) is 0 Å². The Balaban J connectivity index is 2.39. The van der Waals surface area contributed by atoms with Gasteiger partial charge in [-0.05, 0) is 42.9 Å². The van der Waals surface area contributed by atoms with Gasteiger partial charge in [-0.1, -0.05) is 27.2 Å². The topological polar surface area (TPSA) is 66.8 Å². The Morgan fingerprint density at radius 2 is 2.06 bits per heavy atom. The third-order valence-corrected chi connectivity index (χ3v) is 4.14. The minimum absolute atomic E-state index is 0.327. The van der Waals surface area contributed by atoms with E-state index in [-0.39, 0.29) is 0 Å². The van der Waals surface area contributed by atoms with Gasteiger partial charge >= 0.3 is 5.97 Å². The second kappa shape index (κ2) is 7.10. The summed E-state index contributed by atoms with van der Waals surface area (Å²) in [5.41, 5.74) is 0. The lowest BCUT2D eigenvalue weighted by atomic mass is 9.69. The number of carboxylic acids is 1. The summed E-state index contributed by atoms with van der Waals surface area (Å²) in [7, 11) is 0. The molecule has 0 spiro atoms. The number of aliphatic hydroxyl groups is 1. The van der Waals surface area contributed by atoms with Gasteiger partial charge in [0.25, 0.3) is 6.29 Å². The maximum Gasteiger partial charge on any atom is 0.360 e. The van der Waals surface area contributed by atoms with Gasteiger partial charge in [0.2, 0.25) is 0 Å². The highest BCUT2D eigenvalue weighted by molar-refractivity contribution is 5.70. The molecule has 4 heteroatoms. The van der Waals surface area contributed by atoms with Crippen molar-refractivity contribution in [2.75, 3.05) is 6.61 Å². The molecule has 1 aliphatic rings. The molecule has 0 aromatic rings. The molecule has 1 rings (SSSR count). The van der Waals surface area contributed by atoms with E-state index in [0.29, 0.717) is 24.4 Å². The SMILES string of the molecule is CC1CCC(C(C)C)C(CCOC(O)C(=O)O)C1. The van der Waals surface area contributed by atoms with Crippen molar-refractivity contribution < 1.29 is 19.7 Å². The maximum atomic E-state index is 10.4. The lowest BCUT2D eigenvalue weighted by molar-refractivity contribution is -0.177. The van der Waals surface area contributed by atoms with Gasteiger partial charge in [-0.25, -0.2) is 4.79 Å². The molecule has 0 aromatic carbocycles. The van der Waals surface area contributed by atoms with Crippen molar-refractivity contribution in [1.29, 1.82) is 0 Å². The van der Waals surface area contributed by atoms with Crippen molar-refractivity contribution >= 4 is 5.97 Å². The summed E-state index contributed by atoms with van der Waals surface area (Å²) in [6, 6.07) is 0. The van der Waals surface area contributed by atoms with Crippen LogP contribution in [-0.4, -0.2) is 29.1 Å². The second-order valence-electron chi connectivity index (χ2n) is 5.94. The predicted octanol–water partition coefficient (Wildman–Crippen LogP) is 2.50. The highest BCUT2D eigenvalue weighted by atomic mass is 16.6. The molecular weight excluding hydrogens is 232 g/mol. The molecule has 4 atom stereocenters. The Hall–Kier alpha value is -0.610. The number of carbonyl (C=O) groups is 1. The Morgan fingerprint density at radius 1 is 1.39 bits per heavy atom. The van der Waals surface area contributed by atoms with E-state index < -0.39 is 12.3 Å². The fraction of sp³-hybridized carbons (Fsp3) is 0.929. The minimum atomic E-state index is -1.68. The third kappa shape index (κ3) is 4.58. The van der Waals surface area contributed by atoms with E-state index in [2.05, 4.69) is 20.8 Å². The maximum absolute atomic E-state index is 10.4. The molecule has 1 fully saturated rings. The second-order valence-corrected chi connectivity index (χ2v) is 5.94. The zero-order chi connectivity index (χ0) is 13.7. The van der Waals surface area contributed by atoms with Crippen molar-refractivity contribution in [3.8, 4) is 0 Å². The van der Waals surface area contributed by atoms with Crippen LogP contribution >= 0.6 is 0 Å². The van der Waals surface area contributed by atoms with Gasteiger partial charge in [0.1, 0.15) is 0 Å². The molecule has 0 aliphatic heterocycles. The zero-order valence-corrected chi connectivity index (χ0v) is 11.6. The molecule has 106 valence electrons. The molecular formula is C14H26O4. The summed E-state index contributed by atoms with van der Waals surface area (Å²) in [4.78, 5) is 10.4. The average Bonchev–Trinajstić information content (AvgIpc) is 2.28. The van der Waals surface area contributed by atoms with Gasteiger partial charge in [0, 0.05) is 0 Å². The number of aliphatic hydroxyl groups excluding tert-OH is 1. The number of aliphatic carboxylic acids is 1. The number of hydrogen-bond donors (Lipinski definition) is 2. The van der Waals surface area contributed by atoms with Crippen LogP contribution in [0, 0.1) is 23.7 Å². The van der Waals surface area contributed by atoms with E-state index in [0.717, 1.165) is 12.3 Å². The molecule has 2 N–H and O–H groups in total. The largest absolute Gasteiger partial charge is 0.477 e. The lowest BCUT2D eigenvalue weighted by Gasteiger charge is -2.37.